The molecule has 0 aliphatic carbocycles. The summed E-state index contributed by atoms with van der Waals surface area (Å²) >= 11 is 0. The standard InChI is InChI=1S/C32H26FN5O2/c1-21-7-12-29-30(15-21)38(13-14-39-3)31(36-29)17-22-8-9-23(16-25(22)19-34)28-5-4-6-32(37-28)40-20-24-10-11-26(35-2)18-27(24)33/h4-12,15-16,18H,13-14,17,20H2,1,3H3. The first kappa shape index (κ1) is 26.6. The van der Waals surface area contributed by atoms with Crippen LogP contribution in [-0.4, -0.2) is 28.3 Å². The first-order chi connectivity index (χ1) is 19.5. The molecule has 2 aromatic heterocycles. The van der Waals surface area contributed by atoms with Crippen molar-refractivity contribution in [2.75, 3.05) is 13.7 Å². The Morgan fingerprint density at radius 1 is 1.02 bits per heavy atom. The number of halogens is 1. The van der Waals surface area contributed by atoms with Crippen LogP contribution >= 0.6 is 0 Å². The van der Waals surface area contributed by atoms with E-state index >= 15 is 0 Å². The number of aromatic nitrogens is 3. The molecule has 0 radical (unpaired) electrons. The second kappa shape index (κ2) is 11.8. The Labute approximate surface area is 231 Å². The van der Waals surface area contributed by atoms with Gasteiger partial charge in [-0.25, -0.2) is 19.2 Å². The van der Waals surface area contributed by atoms with Gasteiger partial charge in [-0.3, -0.25) is 0 Å². The number of fused-ring (bicyclic) bond motifs is 1. The van der Waals surface area contributed by atoms with Crippen molar-refractivity contribution >= 4 is 16.7 Å². The van der Waals surface area contributed by atoms with Crippen molar-refractivity contribution in [2.24, 2.45) is 0 Å². The van der Waals surface area contributed by atoms with E-state index < -0.39 is 5.82 Å². The summed E-state index contributed by atoms with van der Waals surface area (Å²) < 4.78 is 27.5. The van der Waals surface area contributed by atoms with Crippen molar-refractivity contribution in [1.29, 1.82) is 5.26 Å². The lowest BCUT2D eigenvalue weighted by molar-refractivity contribution is 0.187. The van der Waals surface area contributed by atoms with Crippen molar-refractivity contribution in [3.63, 3.8) is 0 Å². The monoisotopic (exact) mass is 531 g/mol. The van der Waals surface area contributed by atoms with E-state index in [0.717, 1.165) is 33.5 Å². The van der Waals surface area contributed by atoms with E-state index in [0.29, 0.717) is 42.3 Å². The third kappa shape index (κ3) is 5.68. The molecule has 0 aliphatic heterocycles. The molecule has 0 N–H and O–H groups in total. The van der Waals surface area contributed by atoms with Crippen molar-refractivity contribution < 1.29 is 13.9 Å². The predicted octanol–water partition coefficient (Wildman–Crippen LogP) is 6.78. The lowest BCUT2D eigenvalue weighted by Crippen LogP contribution is -2.09. The van der Waals surface area contributed by atoms with E-state index in [1.807, 2.05) is 36.4 Å². The van der Waals surface area contributed by atoms with Gasteiger partial charge in [0.2, 0.25) is 5.88 Å². The SMILES string of the molecule is [C-]#[N+]c1ccc(COc2cccc(-c3ccc(Cc4nc5ccc(C)cc5n4CCOC)c(C#N)c3)n2)c(F)c1. The Kier molecular flexibility index (Phi) is 7.82. The molecule has 5 rings (SSSR count). The van der Waals surface area contributed by atoms with E-state index in [-0.39, 0.29) is 12.3 Å². The van der Waals surface area contributed by atoms with Crippen LogP contribution in [0, 0.1) is 30.6 Å². The van der Waals surface area contributed by atoms with Gasteiger partial charge in [0.25, 0.3) is 0 Å². The fourth-order valence-electron chi connectivity index (χ4n) is 4.54. The molecule has 0 bridgehead atoms. The zero-order chi connectivity index (χ0) is 28.1. The number of rotatable bonds is 9. The number of aryl methyl sites for hydroxylation is 1. The molecule has 2 heterocycles. The summed E-state index contributed by atoms with van der Waals surface area (Å²) in [7, 11) is 1.68. The van der Waals surface area contributed by atoms with Gasteiger partial charge >= 0.3 is 0 Å². The van der Waals surface area contributed by atoms with Crippen molar-refractivity contribution in [3.8, 4) is 23.2 Å². The molecular weight excluding hydrogens is 505 g/mol. The molecular formula is C32H26FN5O2. The molecule has 0 saturated heterocycles. The Morgan fingerprint density at radius 3 is 2.65 bits per heavy atom. The van der Waals surface area contributed by atoms with Gasteiger partial charge in [0.1, 0.15) is 18.2 Å². The van der Waals surface area contributed by atoms with Gasteiger partial charge in [-0.15, -0.1) is 0 Å². The van der Waals surface area contributed by atoms with Crippen molar-refractivity contribution in [3.05, 3.63) is 118 Å². The second-order valence-electron chi connectivity index (χ2n) is 9.36. The fraction of sp³-hybridized carbons (Fsp3) is 0.188. The molecule has 40 heavy (non-hydrogen) atoms. The highest BCUT2D eigenvalue weighted by molar-refractivity contribution is 5.77. The number of pyridine rings is 1. The number of benzene rings is 3. The summed E-state index contributed by atoms with van der Waals surface area (Å²) in [6.07, 6.45) is 0.495. The molecule has 5 aromatic rings. The summed E-state index contributed by atoms with van der Waals surface area (Å²) in [5.41, 5.74) is 6.48. The van der Waals surface area contributed by atoms with Crippen LogP contribution in [0.2, 0.25) is 0 Å². The number of ether oxygens (including phenoxy) is 2. The molecule has 0 unspecified atom stereocenters. The third-order valence-electron chi connectivity index (χ3n) is 6.64. The molecule has 0 spiro atoms. The molecule has 7 nitrogen and oxygen atoms in total. The molecule has 0 aliphatic rings. The number of nitriles is 1. The van der Waals surface area contributed by atoms with E-state index in [1.165, 1.54) is 12.1 Å². The second-order valence-corrected chi connectivity index (χ2v) is 9.36. The van der Waals surface area contributed by atoms with Crippen LogP contribution in [0.15, 0.2) is 72.8 Å². The van der Waals surface area contributed by atoms with Gasteiger partial charge in [0.15, 0.2) is 5.69 Å². The maximum atomic E-state index is 14.2. The van der Waals surface area contributed by atoms with Crippen LogP contribution in [0.1, 0.15) is 28.1 Å². The number of hydrogen-bond acceptors (Lipinski definition) is 5. The maximum Gasteiger partial charge on any atom is 0.214 e. The van der Waals surface area contributed by atoms with Gasteiger partial charge in [-0.2, -0.15) is 5.26 Å². The lowest BCUT2D eigenvalue weighted by atomic mass is 10.00. The first-order valence-electron chi connectivity index (χ1n) is 12.7. The fourth-order valence-corrected chi connectivity index (χ4v) is 4.54. The van der Waals surface area contributed by atoms with Crippen LogP contribution in [0.25, 0.3) is 27.1 Å². The third-order valence-corrected chi connectivity index (χ3v) is 6.64. The van der Waals surface area contributed by atoms with E-state index in [2.05, 4.69) is 33.5 Å². The molecule has 0 saturated carbocycles. The van der Waals surface area contributed by atoms with E-state index in [4.69, 9.17) is 21.0 Å². The number of methoxy groups -OCH3 is 1. The molecule has 3 aromatic carbocycles. The van der Waals surface area contributed by atoms with Crippen LogP contribution in [0.4, 0.5) is 10.1 Å². The minimum Gasteiger partial charge on any atom is -0.473 e. The normalized spacial score (nSPS) is 10.8. The maximum absolute atomic E-state index is 14.2. The van der Waals surface area contributed by atoms with E-state index in [9.17, 15) is 9.65 Å². The molecule has 198 valence electrons. The summed E-state index contributed by atoms with van der Waals surface area (Å²) in [4.78, 5) is 12.7. The Morgan fingerprint density at radius 2 is 1.88 bits per heavy atom. The van der Waals surface area contributed by atoms with Gasteiger partial charge in [0.05, 0.1) is 41.5 Å². The first-order valence-corrected chi connectivity index (χ1v) is 12.7. The Hall–Kier alpha value is -5.05. The highest BCUT2D eigenvalue weighted by Gasteiger charge is 2.15. The van der Waals surface area contributed by atoms with Crippen molar-refractivity contribution in [2.45, 2.75) is 26.5 Å². The predicted molar refractivity (Wildman–Crippen MR) is 151 cm³/mol. The highest BCUT2D eigenvalue weighted by atomic mass is 19.1. The quantitative estimate of drug-likeness (QED) is 0.196. The summed E-state index contributed by atoms with van der Waals surface area (Å²) in [6, 6.07) is 23.8. The summed E-state index contributed by atoms with van der Waals surface area (Å²) in [5.74, 6) is 0.702. The van der Waals surface area contributed by atoms with Crippen LogP contribution in [0.5, 0.6) is 5.88 Å². The van der Waals surface area contributed by atoms with E-state index in [1.54, 1.807) is 25.3 Å². The highest BCUT2D eigenvalue weighted by Crippen LogP contribution is 2.26. The van der Waals surface area contributed by atoms with Gasteiger partial charge in [0, 0.05) is 37.3 Å². The Bertz CT molecular complexity index is 1780. The van der Waals surface area contributed by atoms with Crippen LogP contribution in [-0.2, 0) is 24.3 Å². The lowest BCUT2D eigenvalue weighted by Gasteiger charge is -2.11. The van der Waals surface area contributed by atoms with Crippen molar-refractivity contribution in [1.82, 2.24) is 14.5 Å². The minimum absolute atomic E-state index is 0.0213. The number of imidazole rings is 1. The van der Waals surface area contributed by atoms with Gasteiger partial charge in [-0.1, -0.05) is 36.4 Å². The number of nitrogens with zero attached hydrogens (tertiary/aromatic N) is 5. The van der Waals surface area contributed by atoms with Crippen LogP contribution in [0.3, 0.4) is 0 Å². The topological polar surface area (TPSA) is 77.3 Å². The largest absolute Gasteiger partial charge is 0.473 e. The van der Waals surface area contributed by atoms with Gasteiger partial charge in [-0.05, 0) is 48.4 Å². The summed E-state index contributed by atoms with van der Waals surface area (Å²) in [6.45, 7) is 10.3. The zero-order valence-corrected chi connectivity index (χ0v) is 22.2. The zero-order valence-electron chi connectivity index (χ0n) is 22.2. The average Bonchev–Trinajstić information content (AvgIpc) is 3.31. The smallest absolute Gasteiger partial charge is 0.214 e. The Balaban J connectivity index is 1.39. The van der Waals surface area contributed by atoms with Crippen LogP contribution < -0.4 is 4.74 Å². The minimum atomic E-state index is -0.496. The molecule has 8 heteroatoms. The molecule has 0 amide bonds. The molecule has 0 atom stereocenters. The number of hydrogen-bond donors (Lipinski definition) is 0. The molecule has 0 fully saturated rings. The average molecular weight is 532 g/mol. The van der Waals surface area contributed by atoms with Gasteiger partial charge < -0.3 is 14.0 Å². The summed E-state index contributed by atoms with van der Waals surface area (Å²) in [5, 5.41) is 9.99.